The van der Waals surface area contributed by atoms with Gasteiger partial charge in [-0.2, -0.15) is 5.10 Å². The maximum atomic E-state index is 12.2. The van der Waals surface area contributed by atoms with Crippen molar-refractivity contribution in [2.24, 2.45) is 5.10 Å². The Balaban J connectivity index is 1.65. The van der Waals surface area contributed by atoms with E-state index in [-0.39, 0.29) is 5.75 Å². The third-order valence-corrected chi connectivity index (χ3v) is 5.65. The molecule has 33 heavy (non-hydrogen) atoms. The standard InChI is InChI=1S/C24H23N3O5S/c1-14-7-9-18(12-15(14)2)25-22(28)23(29)27-26-16(3)17-8-10-19(20(13-17)31-4)32-24(30)21-6-5-11-33-21/h5-13H,1-4H3,(H,25,28)(H,27,29)/b26-16+. The number of benzene rings is 2. The molecule has 9 heteroatoms. The maximum Gasteiger partial charge on any atom is 0.353 e. The summed E-state index contributed by atoms with van der Waals surface area (Å²) in [5.41, 5.74) is 5.89. The summed E-state index contributed by atoms with van der Waals surface area (Å²) in [6, 6.07) is 13.7. The highest BCUT2D eigenvalue weighted by Crippen LogP contribution is 2.29. The fraction of sp³-hybridized carbons (Fsp3) is 0.167. The molecule has 3 aromatic rings. The Bertz CT molecular complexity index is 1220. The number of ether oxygens (including phenoxy) is 2. The Morgan fingerprint density at radius 1 is 0.939 bits per heavy atom. The number of hydrazone groups is 1. The van der Waals surface area contributed by atoms with Gasteiger partial charge in [-0.15, -0.1) is 11.3 Å². The monoisotopic (exact) mass is 465 g/mol. The van der Waals surface area contributed by atoms with Crippen LogP contribution in [0.15, 0.2) is 59.0 Å². The molecule has 8 nitrogen and oxygen atoms in total. The second-order valence-electron chi connectivity index (χ2n) is 7.12. The van der Waals surface area contributed by atoms with Gasteiger partial charge in [-0.25, -0.2) is 10.2 Å². The summed E-state index contributed by atoms with van der Waals surface area (Å²) < 4.78 is 10.7. The van der Waals surface area contributed by atoms with Crippen LogP contribution in [-0.2, 0) is 9.59 Å². The molecule has 0 unspecified atom stereocenters. The number of carbonyl (C=O) groups excluding carboxylic acids is 3. The van der Waals surface area contributed by atoms with Gasteiger partial charge < -0.3 is 14.8 Å². The first-order chi connectivity index (χ1) is 15.8. The normalized spacial score (nSPS) is 11.0. The van der Waals surface area contributed by atoms with Crippen LogP contribution >= 0.6 is 11.3 Å². The van der Waals surface area contributed by atoms with Gasteiger partial charge >= 0.3 is 17.8 Å². The van der Waals surface area contributed by atoms with Crippen molar-refractivity contribution in [3.8, 4) is 11.5 Å². The summed E-state index contributed by atoms with van der Waals surface area (Å²) >= 11 is 1.28. The quantitative estimate of drug-likeness (QED) is 0.188. The number of thiophene rings is 1. The number of hydrogen-bond acceptors (Lipinski definition) is 7. The molecule has 0 atom stereocenters. The summed E-state index contributed by atoms with van der Waals surface area (Å²) in [7, 11) is 1.45. The zero-order valence-electron chi connectivity index (χ0n) is 18.6. The third-order valence-electron chi connectivity index (χ3n) is 4.80. The first kappa shape index (κ1) is 23.7. The Kier molecular flexibility index (Phi) is 7.57. The highest BCUT2D eigenvalue weighted by Gasteiger charge is 2.16. The minimum absolute atomic E-state index is 0.254. The van der Waals surface area contributed by atoms with E-state index in [1.54, 1.807) is 54.8 Å². The molecule has 2 aromatic carbocycles. The Morgan fingerprint density at radius 3 is 2.39 bits per heavy atom. The van der Waals surface area contributed by atoms with Crippen molar-refractivity contribution in [2.75, 3.05) is 12.4 Å². The molecule has 2 amide bonds. The topological polar surface area (TPSA) is 106 Å². The first-order valence-electron chi connectivity index (χ1n) is 9.95. The van der Waals surface area contributed by atoms with Crippen molar-refractivity contribution < 1.29 is 23.9 Å². The molecular formula is C24H23N3O5S. The minimum Gasteiger partial charge on any atom is -0.493 e. The number of anilines is 1. The number of hydrogen-bond donors (Lipinski definition) is 2. The van der Waals surface area contributed by atoms with Crippen molar-refractivity contribution >= 4 is 40.5 Å². The molecule has 1 aromatic heterocycles. The number of nitrogens with zero attached hydrogens (tertiary/aromatic N) is 1. The molecule has 0 aliphatic heterocycles. The Hall–Kier alpha value is -3.98. The Labute approximate surface area is 195 Å². The van der Waals surface area contributed by atoms with Gasteiger partial charge in [0.05, 0.1) is 12.8 Å². The van der Waals surface area contributed by atoms with Crippen molar-refractivity contribution in [3.63, 3.8) is 0 Å². The van der Waals surface area contributed by atoms with E-state index in [2.05, 4.69) is 15.8 Å². The van der Waals surface area contributed by atoms with Gasteiger partial charge in [0.1, 0.15) is 4.88 Å². The average molecular weight is 466 g/mol. The van der Waals surface area contributed by atoms with Crippen molar-refractivity contribution in [1.29, 1.82) is 0 Å². The molecular weight excluding hydrogens is 442 g/mol. The summed E-state index contributed by atoms with van der Waals surface area (Å²) in [4.78, 5) is 36.9. The first-order valence-corrected chi connectivity index (χ1v) is 10.8. The van der Waals surface area contributed by atoms with Crippen LogP contribution in [0.1, 0.15) is 33.3 Å². The second kappa shape index (κ2) is 10.6. The maximum absolute atomic E-state index is 12.2. The number of aryl methyl sites for hydroxylation is 2. The molecule has 0 radical (unpaired) electrons. The minimum atomic E-state index is -0.902. The molecule has 0 aliphatic rings. The van der Waals surface area contributed by atoms with E-state index in [0.717, 1.165) is 11.1 Å². The molecule has 0 fully saturated rings. The van der Waals surface area contributed by atoms with Crippen molar-refractivity contribution in [1.82, 2.24) is 5.43 Å². The van der Waals surface area contributed by atoms with E-state index in [0.29, 0.717) is 27.6 Å². The number of esters is 1. The molecule has 0 bridgehead atoms. The van der Waals surface area contributed by atoms with Crippen LogP contribution in [0.3, 0.4) is 0 Å². The number of nitrogens with one attached hydrogen (secondary N) is 2. The van der Waals surface area contributed by atoms with E-state index in [1.807, 2.05) is 19.9 Å². The van der Waals surface area contributed by atoms with Crippen molar-refractivity contribution in [2.45, 2.75) is 20.8 Å². The molecule has 0 saturated carbocycles. The van der Waals surface area contributed by atoms with E-state index >= 15 is 0 Å². The van der Waals surface area contributed by atoms with Gasteiger partial charge in [0.15, 0.2) is 11.5 Å². The van der Waals surface area contributed by atoms with Gasteiger partial charge in [0.2, 0.25) is 0 Å². The zero-order chi connectivity index (χ0) is 24.0. The van der Waals surface area contributed by atoms with Gasteiger partial charge in [-0.3, -0.25) is 9.59 Å². The van der Waals surface area contributed by atoms with Crippen LogP contribution in [0.25, 0.3) is 0 Å². The van der Waals surface area contributed by atoms with Crippen LogP contribution < -0.4 is 20.2 Å². The predicted molar refractivity (Wildman–Crippen MR) is 127 cm³/mol. The van der Waals surface area contributed by atoms with Gasteiger partial charge in [0.25, 0.3) is 0 Å². The SMILES string of the molecule is COc1cc(/C(C)=N/NC(=O)C(=O)Nc2ccc(C)c(C)c2)ccc1OC(=O)c1cccs1. The number of methoxy groups -OCH3 is 1. The smallest absolute Gasteiger partial charge is 0.353 e. The summed E-state index contributed by atoms with van der Waals surface area (Å²) in [5, 5.41) is 8.32. The van der Waals surface area contributed by atoms with Crippen molar-refractivity contribution in [3.05, 3.63) is 75.5 Å². The fourth-order valence-electron chi connectivity index (χ4n) is 2.78. The lowest BCUT2D eigenvalue weighted by atomic mass is 10.1. The Morgan fingerprint density at radius 2 is 1.73 bits per heavy atom. The molecule has 0 spiro atoms. The summed E-state index contributed by atoms with van der Waals surface area (Å²) in [6.07, 6.45) is 0. The lowest BCUT2D eigenvalue weighted by Gasteiger charge is -2.11. The molecule has 0 aliphatic carbocycles. The zero-order valence-corrected chi connectivity index (χ0v) is 19.4. The van der Waals surface area contributed by atoms with Crippen LogP contribution in [0.5, 0.6) is 11.5 Å². The van der Waals surface area contributed by atoms with E-state index < -0.39 is 17.8 Å². The van der Waals surface area contributed by atoms with Crippen LogP contribution in [0.4, 0.5) is 5.69 Å². The van der Waals surface area contributed by atoms with Crippen LogP contribution in [-0.4, -0.2) is 30.6 Å². The van der Waals surface area contributed by atoms with E-state index in [1.165, 1.54) is 18.4 Å². The third kappa shape index (κ3) is 6.05. The largest absolute Gasteiger partial charge is 0.493 e. The fourth-order valence-corrected chi connectivity index (χ4v) is 3.38. The highest BCUT2D eigenvalue weighted by atomic mass is 32.1. The number of carbonyl (C=O) groups is 3. The number of rotatable bonds is 6. The molecule has 0 saturated heterocycles. The molecule has 3 rings (SSSR count). The van der Waals surface area contributed by atoms with E-state index in [4.69, 9.17) is 9.47 Å². The average Bonchev–Trinajstić information content (AvgIpc) is 3.35. The molecule has 1 heterocycles. The van der Waals surface area contributed by atoms with E-state index in [9.17, 15) is 14.4 Å². The highest BCUT2D eigenvalue weighted by molar-refractivity contribution is 7.12. The predicted octanol–water partition coefficient (Wildman–Crippen LogP) is 4.07. The lowest BCUT2D eigenvalue weighted by molar-refractivity contribution is -0.136. The van der Waals surface area contributed by atoms with Gasteiger partial charge in [0, 0.05) is 11.3 Å². The second-order valence-corrected chi connectivity index (χ2v) is 8.07. The number of amides is 2. The van der Waals surface area contributed by atoms with Gasteiger partial charge in [-0.1, -0.05) is 12.1 Å². The van der Waals surface area contributed by atoms with Crippen LogP contribution in [0, 0.1) is 13.8 Å². The van der Waals surface area contributed by atoms with Gasteiger partial charge in [-0.05, 0) is 73.7 Å². The summed E-state index contributed by atoms with van der Waals surface area (Å²) in [6.45, 7) is 5.54. The lowest BCUT2D eigenvalue weighted by Crippen LogP contribution is -2.33. The summed E-state index contributed by atoms with van der Waals surface area (Å²) in [5.74, 6) is -1.64. The van der Waals surface area contributed by atoms with Crippen LogP contribution in [0.2, 0.25) is 0 Å². The molecule has 170 valence electrons. The molecule has 2 N–H and O–H groups in total.